The molecule has 144 valence electrons. The average Bonchev–Trinajstić information content (AvgIpc) is 3.11. The van der Waals surface area contributed by atoms with Crippen LogP contribution in [0.3, 0.4) is 0 Å². The van der Waals surface area contributed by atoms with E-state index in [0.717, 1.165) is 18.2 Å². The number of hydrogen-bond acceptors (Lipinski definition) is 3. The first-order valence-electron chi connectivity index (χ1n) is 8.33. The van der Waals surface area contributed by atoms with Crippen LogP contribution < -0.4 is 5.32 Å². The SMILES string of the molecule is Cn1ccc(-c2cc(C(=O)NCC(=O)c3ccccc3)ccc2C(F)(F)F)n1. The number of halogens is 3. The molecule has 0 radical (unpaired) electrons. The molecule has 3 rings (SSSR count). The van der Waals surface area contributed by atoms with Crippen molar-refractivity contribution in [3.05, 3.63) is 77.5 Å². The Bertz CT molecular complexity index is 1010. The predicted octanol–water partition coefficient (Wildman–Crippen LogP) is 3.72. The van der Waals surface area contributed by atoms with Gasteiger partial charge in [-0.1, -0.05) is 30.3 Å². The van der Waals surface area contributed by atoms with Gasteiger partial charge in [0.15, 0.2) is 5.78 Å². The largest absolute Gasteiger partial charge is 0.417 e. The van der Waals surface area contributed by atoms with Crippen LogP contribution in [0.4, 0.5) is 13.2 Å². The minimum Gasteiger partial charge on any atom is -0.345 e. The highest BCUT2D eigenvalue weighted by molar-refractivity contribution is 6.02. The lowest BCUT2D eigenvalue weighted by atomic mass is 10.0. The molecule has 0 bridgehead atoms. The van der Waals surface area contributed by atoms with E-state index in [1.54, 1.807) is 37.4 Å². The lowest BCUT2D eigenvalue weighted by Crippen LogP contribution is -2.29. The van der Waals surface area contributed by atoms with Gasteiger partial charge in [-0.15, -0.1) is 0 Å². The third-order valence-electron chi connectivity index (χ3n) is 4.08. The Hall–Kier alpha value is -3.42. The summed E-state index contributed by atoms with van der Waals surface area (Å²) in [6.07, 6.45) is -3.08. The van der Waals surface area contributed by atoms with Gasteiger partial charge in [0.2, 0.25) is 0 Å². The van der Waals surface area contributed by atoms with Crippen LogP contribution in [-0.2, 0) is 13.2 Å². The molecule has 0 fully saturated rings. The summed E-state index contributed by atoms with van der Waals surface area (Å²) in [7, 11) is 1.59. The smallest absolute Gasteiger partial charge is 0.345 e. The Labute approximate surface area is 158 Å². The molecule has 0 saturated carbocycles. The first kappa shape index (κ1) is 19.3. The van der Waals surface area contributed by atoms with Gasteiger partial charge in [-0.3, -0.25) is 14.3 Å². The lowest BCUT2D eigenvalue weighted by molar-refractivity contribution is -0.137. The molecule has 1 aromatic heterocycles. The van der Waals surface area contributed by atoms with Crippen molar-refractivity contribution in [3.8, 4) is 11.3 Å². The van der Waals surface area contributed by atoms with Crippen molar-refractivity contribution in [2.24, 2.45) is 7.05 Å². The van der Waals surface area contributed by atoms with Gasteiger partial charge in [-0.05, 0) is 24.3 Å². The first-order chi connectivity index (χ1) is 13.3. The quantitative estimate of drug-likeness (QED) is 0.679. The Morgan fingerprint density at radius 2 is 1.75 bits per heavy atom. The Balaban J connectivity index is 1.84. The summed E-state index contributed by atoms with van der Waals surface area (Å²) < 4.78 is 41.4. The number of ketones is 1. The Kier molecular flexibility index (Phi) is 5.30. The Morgan fingerprint density at radius 3 is 2.36 bits per heavy atom. The molecule has 2 aromatic carbocycles. The predicted molar refractivity (Wildman–Crippen MR) is 96.8 cm³/mol. The summed E-state index contributed by atoms with van der Waals surface area (Å²) in [6.45, 7) is -0.261. The second-order valence-corrected chi connectivity index (χ2v) is 6.10. The molecule has 0 aliphatic heterocycles. The van der Waals surface area contributed by atoms with E-state index in [1.807, 2.05) is 0 Å². The molecule has 0 unspecified atom stereocenters. The van der Waals surface area contributed by atoms with Crippen molar-refractivity contribution in [2.45, 2.75) is 6.18 Å². The number of Topliss-reactive ketones (excluding diaryl/α,β-unsaturated/α-hetero) is 1. The molecule has 8 heteroatoms. The van der Waals surface area contributed by atoms with Gasteiger partial charge < -0.3 is 5.32 Å². The summed E-state index contributed by atoms with van der Waals surface area (Å²) in [5.74, 6) is -0.944. The average molecular weight is 387 g/mol. The third kappa shape index (κ3) is 4.28. The molecule has 1 amide bonds. The first-order valence-corrected chi connectivity index (χ1v) is 8.33. The topological polar surface area (TPSA) is 64.0 Å². The summed E-state index contributed by atoms with van der Waals surface area (Å²) in [5, 5.41) is 6.44. The zero-order valence-electron chi connectivity index (χ0n) is 14.8. The molecule has 5 nitrogen and oxygen atoms in total. The number of aryl methyl sites for hydroxylation is 1. The lowest BCUT2D eigenvalue weighted by Gasteiger charge is -2.13. The van der Waals surface area contributed by atoms with Crippen LogP contribution in [0.15, 0.2) is 60.8 Å². The fourth-order valence-electron chi connectivity index (χ4n) is 2.69. The minimum absolute atomic E-state index is 0.00881. The van der Waals surface area contributed by atoms with E-state index in [9.17, 15) is 22.8 Å². The monoisotopic (exact) mass is 387 g/mol. The van der Waals surface area contributed by atoms with Crippen molar-refractivity contribution in [2.75, 3.05) is 6.54 Å². The number of nitrogens with one attached hydrogen (secondary N) is 1. The molecule has 1 heterocycles. The van der Waals surface area contributed by atoms with Crippen LogP contribution in [-0.4, -0.2) is 28.0 Å². The number of hydrogen-bond donors (Lipinski definition) is 1. The van der Waals surface area contributed by atoms with E-state index in [-0.39, 0.29) is 29.1 Å². The van der Waals surface area contributed by atoms with Crippen molar-refractivity contribution < 1.29 is 22.8 Å². The number of nitrogens with zero attached hydrogens (tertiary/aromatic N) is 2. The summed E-state index contributed by atoms with van der Waals surface area (Å²) in [4.78, 5) is 24.4. The zero-order chi connectivity index (χ0) is 20.3. The van der Waals surface area contributed by atoms with E-state index in [1.165, 1.54) is 16.9 Å². The summed E-state index contributed by atoms with van der Waals surface area (Å²) >= 11 is 0. The number of carbonyl (C=O) groups is 2. The molecule has 3 aromatic rings. The fourth-order valence-corrected chi connectivity index (χ4v) is 2.69. The van der Waals surface area contributed by atoms with E-state index >= 15 is 0 Å². The maximum absolute atomic E-state index is 13.3. The molecule has 0 aliphatic carbocycles. The number of aromatic nitrogens is 2. The second kappa shape index (κ2) is 7.67. The van der Waals surface area contributed by atoms with Crippen molar-refractivity contribution >= 4 is 11.7 Å². The van der Waals surface area contributed by atoms with E-state index in [2.05, 4.69) is 10.4 Å². The maximum Gasteiger partial charge on any atom is 0.417 e. The number of carbonyl (C=O) groups excluding carboxylic acids is 2. The highest BCUT2D eigenvalue weighted by Gasteiger charge is 2.34. The van der Waals surface area contributed by atoms with Crippen LogP contribution >= 0.6 is 0 Å². The molecule has 0 saturated heterocycles. The molecule has 1 N–H and O–H groups in total. The van der Waals surface area contributed by atoms with E-state index in [0.29, 0.717) is 5.56 Å². The molecule has 0 aliphatic rings. The van der Waals surface area contributed by atoms with Crippen LogP contribution in [0.5, 0.6) is 0 Å². The van der Waals surface area contributed by atoms with Gasteiger partial charge in [0.05, 0.1) is 17.8 Å². The van der Waals surface area contributed by atoms with Gasteiger partial charge in [0.1, 0.15) is 0 Å². The van der Waals surface area contributed by atoms with Crippen LogP contribution in [0.2, 0.25) is 0 Å². The highest BCUT2D eigenvalue weighted by Crippen LogP contribution is 2.37. The van der Waals surface area contributed by atoms with Gasteiger partial charge in [0.25, 0.3) is 5.91 Å². The van der Waals surface area contributed by atoms with Gasteiger partial charge >= 0.3 is 6.18 Å². The molecule has 0 atom stereocenters. The summed E-state index contributed by atoms with van der Waals surface area (Å²) in [6, 6.07) is 12.9. The normalized spacial score (nSPS) is 11.3. The highest BCUT2D eigenvalue weighted by atomic mass is 19.4. The van der Waals surface area contributed by atoms with Gasteiger partial charge in [-0.2, -0.15) is 18.3 Å². The van der Waals surface area contributed by atoms with Crippen LogP contribution in [0.1, 0.15) is 26.3 Å². The number of alkyl halides is 3. The minimum atomic E-state index is -4.59. The number of benzene rings is 2. The third-order valence-corrected chi connectivity index (χ3v) is 4.08. The molecule has 0 spiro atoms. The molecular weight excluding hydrogens is 371 g/mol. The van der Waals surface area contributed by atoms with Crippen molar-refractivity contribution in [1.29, 1.82) is 0 Å². The van der Waals surface area contributed by atoms with Gasteiger partial charge in [-0.25, -0.2) is 0 Å². The van der Waals surface area contributed by atoms with Crippen molar-refractivity contribution in [1.82, 2.24) is 15.1 Å². The van der Waals surface area contributed by atoms with Crippen molar-refractivity contribution in [3.63, 3.8) is 0 Å². The second-order valence-electron chi connectivity index (χ2n) is 6.10. The van der Waals surface area contributed by atoms with E-state index in [4.69, 9.17) is 0 Å². The number of amides is 1. The fraction of sp³-hybridized carbons (Fsp3) is 0.150. The molecular formula is C20H16F3N3O2. The Morgan fingerprint density at radius 1 is 1.04 bits per heavy atom. The van der Waals surface area contributed by atoms with E-state index < -0.39 is 17.6 Å². The van der Waals surface area contributed by atoms with Crippen LogP contribution in [0, 0.1) is 0 Å². The van der Waals surface area contributed by atoms with Gasteiger partial charge in [0, 0.05) is 29.9 Å². The zero-order valence-corrected chi connectivity index (χ0v) is 14.8. The standard InChI is InChI=1S/C20H16F3N3O2/c1-26-10-9-17(25-26)15-11-14(7-8-16(15)20(21,22)23)19(28)24-12-18(27)13-5-3-2-4-6-13/h2-11H,12H2,1H3,(H,24,28). The maximum atomic E-state index is 13.3. The molecule has 28 heavy (non-hydrogen) atoms. The van der Waals surface area contributed by atoms with Crippen LogP contribution in [0.25, 0.3) is 11.3 Å². The number of rotatable bonds is 5. The summed E-state index contributed by atoms with van der Waals surface area (Å²) in [5.41, 5.74) is -0.540.